The minimum atomic E-state index is -0.186. The molecule has 1 aromatic rings. The van der Waals surface area contributed by atoms with Crippen LogP contribution in [0.2, 0.25) is 0 Å². The molecular formula is C17H21NO. The van der Waals surface area contributed by atoms with Gasteiger partial charge in [0, 0.05) is 5.56 Å². The first kappa shape index (κ1) is 13.8. The maximum Gasteiger partial charge on any atom is 0.159 e. The average molecular weight is 255 g/mol. The van der Waals surface area contributed by atoms with Gasteiger partial charge in [-0.3, -0.25) is 4.79 Å². The van der Waals surface area contributed by atoms with E-state index in [1.165, 1.54) is 31.2 Å². The fourth-order valence-corrected chi connectivity index (χ4v) is 2.98. The molecular weight excluding hydrogens is 234 g/mol. The Balaban J connectivity index is 2.13. The topological polar surface area (TPSA) is 40.9 Å². The number of Topliss-reactive ketones (excluding diaryl/α,β-unsaturated/α-hetero) is 1. The minimum Gasteiger partial charge on any atom is -0.295 e. The van der Waals surface area contributed by atoms with E-state index < -0.39 is 0 Å². The van der Waals surface area contributed by atoms with E-state index in [-0.39, 0.29) is 11.2 Å². The fourth-order valence-electron chi connectivity index (χ4n) is 2.98. The van der Waals surface area contributed by atoms with Gasteiger partial charge >= 0.3 is 0 Å². The van der Waals surface area contributed by atoms with Crippen molar-refractivity contribution >= 4 is 5.78 Å². The molecule has 19 heavy (non-hydrogen) atoms. The van der Waals surface area contributed by atoms with E-state index in [4.69, 9.17) is 0 Å². The van der Waals surface area contributed by atoms with Crippen molar-refractivity contribution < 1.29 is 4.79 Å². The standard InChI is InChI=1S/C17H21NO/c1-14(19)16-8-6-15(7-9-16)12-17(13-18)10-4-2-3-5-11-17/h6-9H,2-5,10-12H2,1H3. The van der Waals surface area contributed by atoms with E-state index in [1.54, 1.807) is 6.92 Å². The molecule has 1 fully saturated rings. The summed E-state index contributed by atoms with van der Waals surface area (Å²) in [6, 6.07) is 10.3. The fraction of sp³-hybridized carbons (Fsp3) is 0.529. The van der Waals surface area contributed by atoms with E-state index in [2.05, 4.69) is 6.07 Å². The lowest BCUT2D eigenvalue weighted by Gasteiger charge is -2.24. The lowest BCUT2D eigenvalue weighted by molar-refractivity contribution is 0.101. The number of nitrogens with zero attached hydrogens (tertiary/aromatic N) is 1. The molecule has 0 radical (unpaired) electrons. The van der Waals surface area contributed by atoms with E-state index in [0.29, 0.717) is 0 Å². The Morgan fingerprint density at radius 2 is 1.74 bits per heavy atom. The van der Waals surface area contributed by atoms with Crippen LogP contribution >= 0.6 is 0 Å². The zero-order chi connectivity index (χ0) is 13.7. The van der Waals surface area contributed by atoms with Gasteiger partial charge in [0.15, 0.2) is 5.78 Å². The summed E-state index contributed by atoms with van der Waals surface area (Å²) < 4.78 is 0. The SMILES string of the molecule is CC(=O)c1ccc(CC2(C#N)CCCCCC2)cc1. The van der Waals surface area contributed by atoms with E-state index in [1.807, 2.05) is 24.3 Å². The van der Waals surface area contributed by atoms with Crippen LogP contribution < -0.4 is 0 Å². The van der Waals surface area contributed by atoms with Crippen LogP contribution in [0, 0.1) is 16.7 Å². The van der Waals surface area contributed by atoms with Gasteiger partial charge in [-0.2, -0.15) is 5.26 Å². The van der Waals surface area contributed by atoms with Crippen LogP contribution in [0.3, 0.4) is 0 Å². The van der Waals surface area contributed by atoms with Crippen LogP contribution in [0.25, 0.3) is 0 Å². The molecule has 100 valence electrons. The molecule has 1 aliphatic carbocycles. The maximum absolute atomic E-state index is 11.3. The molecule has 1 aliphatic rings. The largest absolute Gasteiger partial charge is 0.295 e. The summed E-state index contributed by atoms with van der Waals surface area (Å²) >= 11 is 0. The maximum atomic E-state index is 11.3. The quantitative estimate of drug-likeness (QED) is 0.597. The molecule has 0 N–H and O–H groups in total. The summed E-state index contributed by atoms with van der Waals surface area (Å²) in [6.45, 7) is 1.58. The molecule has 0 aliphatic heterocycles. The summed E-state index contributed by atoms with van der Waals surface area (Å²) in [7, 11) is 0. The Labute approximate surface area is 115 Å². The highest BCUT2D eigenvalue weighted by molar-refractivity contribution is 5.93. The second-order valence-electron chi connectivity index (χ2n) is 5.74. The summed E-state index contributed by atoms with van der Waals surface area (Å²) in [5.74, 6) is 0.0935. The molecule has 0 heterocycles. The van der Waals surface area contributed by atoms with E-state index in [9.17, 15) is 10.1 Å². The zero-order valence-corrected chi connectivity index (χ0v) is 11.6. The van der Waals surface area contributed by atoms with Crippen molar-refractivity contribution in [3.05, 3.63) is 35.4 Å². The molecule has 2 heteroatoms. The highest BCUT2D eigenvalue weighted by Gasteiger charge is 2.30. The van der Waals surface area contributed by atoms with Gasteiger partial charge in [0.1, 0.15) is 0 Å². The van der Waals surface area contributed by atoms with Crippen molar-refractivity contribution in [1.82, 2.24) is 0 Å². The number of rotatable bonds is 3. The number of benzene rings is 1. The number of hydrogen-bond acceptors (Lipinski definition) is 2. The van der Waals surface area contributed by atoms with Gasteiger partial charge in [-0.25, -0.2) is 0 Å². The zero-order valence-electron chi connectivity index (χ0n) is 11.6. The van der Waals surface area contributed by atoms with Crippen LogP contribution in [-0.4, -0.2) is 5.78 Å². The summed E-state index contributed by atoms with van der Waals surface area (Å²) in [5, 5.41) is 9.57. The van der Waals surface area contributed by atoms with Crippen LogP contribution in [-0.2, 0) is 6.42 Å². The average Bonchev–Trinajstić information content (AvgIpc) is 2.65. The van der Waals surface area contributed by atoms with Crippen molar-refractivity contribution in [3.63, 3.8) is 0 Å². The number of nitriles is 1. The second kappa shape index (κ2) is 6.02. The lowest BCUT2D eigenvalue weighted by atomic mass is 9.76. The Bertz CT molecular complexity index is 473. The monoisotopic (exact) mass is 255 g/mol. The number of carbonyl (C=O) groups is 1. The van der Waals surface area contributed by atoms with Crippen LogP contribution in [0.1, 0.15) is 61.4 Å². The molecule has 2 nitrogen and oxygen atoms in total. The van der Waals surface area contributed by atoms with Gasteiger partial charge in [0.05, 0.1) is 11.5 Å². The lowest BCUT2D eigenvalue weighted by Crippen LogP contribution is -2.20. The van der Waals surface area contributed by atoms with Crippen molar-refractivity contribution in [2.45, 2.75) is 51.9 Å². The van der Waals surface area contributed by atoms with Gasteiger partial charge in [0.2, 0.25) is 0 Å². The van der Waals surface area contributed by atoms with Crippen molar-refractivity contribution in [2.24, 2.45) is 5.41 Å². The van der Waals surface area contributed by atoms with Gasteiger partial charge in [-0.1, -0.05) is 49.9 Å². The van der Waals surface area contributed by atoms with Crippen LogP contribution in [0.15, 0.2) is 24.3 Å². The van der Waals surface area contributed by atoms with Crippen molar-refractivity contribution in [2.75, 3.05) is 0 Å². The van der Waals surface area contributed by atoms with E-state index >= 15 is 0 Å². The predicted molar refractivity (Wildman–Crippen MR) is 75.9 cm³/mol. The number of carbonyl (C=O) groups excluding carboxylic acids is 1. The highest BCUT2D eigenvalue weighted by atomic mass is 16.1. The van der Waals surface area contributed by atoms with Crippen LogP contribution in [0.4, 0.5) is 0 Å². The smallest absolute Gasteiger partial charge is 0.159 e. The van der Waals surface area contributed by atoms with Gasteiger partial charge < -0.3 is 0 Å². The summed E-state index contributed by atoms with van der Waals surface area (Å²) in [5.41, 5.74) is 1.73. The molecule has 0 amide bonds. The Hall–Kier alpha value is -1.62. The molecule has 0 aromatic heterocycles. The Kier molecular flexibility index (Phi) is 4.37. The number of hydrogen-bond donors (Lipinski definition) is 0. The van der Waals surface area contributed by atoms with Crippen LogP contribution in [0.5, 0.6) is 0 Å². The second-order valence-corrected chi connectivity index (χ2v) is 5.74. The Morgan fingerprint density at radius 3 is 2.21 bits per heavy atom. The van der Waals surface area contributed by atoms with E-state index in [0.717, 1.165) is 24.8 Å². The third kappa shape index (κ3) is 3.44. The molecule has 0 spiro atoms. The van der Waals surface area contributed by atoms with Crippen molar-refractivity contribution in [1.29, 1.82) is 5.26 Å². The van der Waals surface area contributed by atoms with Gasteiger partial charge in [0.25, 0.3) is 0 Å². The summed E-state index contributed by atoms with van der Waals surface area (Å²) in [4.78, 5) is 11.3. The predicted octanol–water partition coefficient (Wildman–Crippen LogP) is 4.30. The van der Waals surface area contributed by atoms with Crippen molar-refractivity contribution in [3.8, 4) is 6.07 Å². The third-order valence-corrected chi connectivity index (χ3v) is 4.20. The molecule has 0 saturated heterocycles. The summed E-state index contributed by atoms with van der Waals surface area (Å²) in [6.07, 6.45) is 7.69. The molecule has 1 aromatic carbocycles. The third-order valence-electron chi connectivity index (χ3n) is 4.20. The number of ketones is 1. The molecule has 0 atom stereocenters. The molecule has 2 rings (SSSR count). The highest BCUT2D eigenvalue weighted by Crippen LogP contribution is 2.37. The first-order valence-electron chi connectivity index (χ1n) is 7.16. The normalized spacial score (nSPS) is 18.3. The first-order valence-corrected chi connectivity index (χ1v) is 7.16. The van der Waals surface area contributed by atoms with Gasteiger partial charge in [-0.15, -0.1) is 0 Å². The Morgan fingerprint density at radius 1 is 1.16 bits per heavy atom. The molecule has 1 saturated carbocycles. The minimum absolute atomic E-state index is 0.0935. The van der Waals surface area contributed by atoms with Gasteiger partial charge in [-0.05, 0) is 31.7 Å². The molecule has 0 bridgehead atoms. The molecule has 0 unspecified atom stereocenters. The first-order chi connectivity index (χ1) is 9.15.